The second-order valence-electron chi connectivity index (χ2n) is 6.83. The molecule has 4 heteroatoms. The Labute approximate surface area is 119 Å². The van der Waals surface area contributed by atoms with Crippen LogP contribution in [0.2, 0.25) is 0 Å². The third kappa shape index (κ3) is 2.17. The SMILES string of the molecule is Cc1cc2c(cc1F)nc(N)n2C1CCC(C)(C)CC1. The zero-order valence-corrected chi connectivity index (χ0v) is 12.4. The van der Waals surface area contributed by atoms with Gasteiger partial charge in [0, 0.05) is 12.1 Å². The molecule has 1 aliphatic rings. The van der Waals surface area contributed by atoms with Crippen molar-refractivity contribution >= 4 is 17.0 Å². The molecule has 0 amide bonds. The van der Waals surface area contributed by atoms with E-state index in [0.29, 0.717) is 28.5 Å². The molecule has 3 rings (SSSR count). The summed E-state index contributed by atoms with van der Waals surface area (Å²) in [5, 5.41) is 0. The first-order valence-corrected chi connectivity index (χ1v) is 7.31. The maximum atomic E-state index is 13.6. The predicted molar refractivity (Wildman–Crippen MR) is 80.1 cm³/mol. The van der Waals surface area contributed by atoms with Crippen molar-refractivity contribution in [2.45, 2.75) is 52.5 Å². The summed E-state index contributed by atoms with van der Waals surface area (Å²) in [4.78, 5) is 4.33. The van der Waals surface area contributed by atoms with Gasteiger partial charge in [-0.25, -0.2) is 9.37 Å². The number of hydrogen-bond donors (Lipinski definition) is 1. The number of nitrogen functional groups attached to an aromatic ring is 1. The van der Waals surface area contributed by atoms with Crippen molar-refractivity contribution in [3.63, 3.8) is 0 Å². The van der Waals surface area contributed by atoms with E-state index in [0.717, 1.165) is 18.4 Å². The van der Waals surface area contributed by atoms with Gasteiger partial charge in [-0.15, -0.1) is 0 Å². The van der Waals surface area contributed by atoms with E-state index >= 15 is 0 Å². The maximum absolute atomic E-state index is 13.6. The Balaban J connectivity index is 2.03. The molecule has 1 aromatic carbocycles. The maximum Gasteiger partial charge on any atom is 0.201 e. The van der Waals surface area contributed by atoms with Crippen LogP contribution in [-0.2, 0) is 0 Å². The molecule has 0 saturated heterocycles. The summed E-state index contributed by atoms with van der Waals surface area (Å²) < 4.78 is 15.8. The van der Waals surface area contributed by atoms with Gasteiger partial charge in [0.1, 0.15) is 5.82 Å². The lowest BCUT2D eigenvalue weighted by molar-refractivity contribution is 0.197. The molecule has 0 aliphatic heterocycles. The average molecular weight is 275 g/mol. The number of aromatic nitrogens is 2. The highest BCUT2D eigenvalue weighted by atomic mass is 19.1. The molecule has 20 heavy (non-hydrogen) atoms. The van der Waals surface area contributed by atoms with Crippen LogP contribution in [0.25, 0.3) is 11.0 Å². The fourth-order valence-corrected chi connectivity index (χ4v) is 3.26. The molecule has 1 aromatic heterocycles. The number of nitrogens with zero attached hydrogens (tertiary/aromatic N) is 2. The Morgan fingerprint density at radius 1 is 1.30 bits per heavy atom. The molecule has 108 valence electrons. The molecule has 0 unspecified atom stereocenters. The van der Waals surface area contributed by atoms with E-state index in [4.69, 9.17) is 5.73 Å². The minimum Gasteiger partial charge on any atom is -0.369 e. The third-order valence-electron chi connectivity index (χ3n) is 4.67. The van der Waals surface area contributed by atoms with Gasteiger partial charge in [-0.1, -0.05) is 13.8 Å². The second-order valence-corrected chi connectivity index (χ2v) is 6.83. The molecule has 0 spiro atoms. The van der Waals surface area contributed by atoms with E-state index < -0.39 is 0 Å². The van der Waals surface area contributed by atoms with Crippen LogP contribution < -0.4 is 5.73 Å². The Kier molecular flexibility index (Phi) is 3.00. The summed E-state index contributed by atoms with van der Waals surface area (Å²) in [5.41, 5.74) is 8.78. The first-order chi connectivity index (χ1) is 9.37. The summed E-state index contributed by atoms with van der Waals surface area (Å²) in [6, 6.07) is 3.75. The van der Waals surface area contributed by atoms with Crippen molar-refractivity contribution in [1.29, 1.82) is 0 Å². The topological polar surface area (TPSA) is 43.8 Å². The molecular formula is C16H22FN3. The molecule has 3 nitrogen and oxygen atoms in total. The number of aryl methyl sites for hydroxylation is 1. The van der Waals surface area contributed by atoms with Gasteiger partial charge in [0.2, 0.25) is 5.95 Å². The highest BCUT2D eigenvalue weighted by molar-refractivity contribution is 5.79. The summed E-state index contributed by atoms with van der Waals surface area (Å²) in [6.45, 7) is 6.42. The number of benzene rings is 1. The lowest BCUT2D eigenvalue weighted by atomic mass is 9.75. The van der Waals surface area contributed by atoms with Gasteiger partial charge in [-0.3, -0.25) is 0 Å². The van der Waals surface area contributed by atoms with Gasteiger partial charge in [0.25, 0.3) is 0 Å². The number of nitrogens with two attached hydrogens (primary N) is 1. The Morgan fingerprint density at radius 3 is 2.60 bits per heavy atom. The smallest absolute Gasteiger partial charge is 0.201 e. The van der Waals surface area contributed by atoms with Gasteiger partial charge < -0.3 is 10.3 Å². The number of anilines is 1. The van der Waals surface area contributed by atoms with Gasteiger partial charge in [0.15, 0.2) is 0 Å². The number of halogens is 1. The van der Waals surface area contributed by atoms with Crippen molar-refractivity contribution < 1.29 is 4.39 Å². The second kappa shape index (κ2) is 4.47. The van der Waals surface area contributed by atoms with Gasteiger partial charge in [0.05, 0.1) is 11.0 Å². The fraction of sp³-hybridized carbons (Fsp3) is 0.562. The average Bonchev–Trinajstić information content (AvgIpc) is 2.66. The Morgan fingerprint density at radius 2 is 1.95 bits per heavy atom. The molecule has 2 N–H and O–H groups in total. The molecule has 0 radical (unpaired) electrons. The van der Waals surface area contributed by atoms with E-state index in [2.05, 4.69) is 23.4 Å². The standard InChI is InChI=1S/C16H22FN3/c1-10-8-14-13(9-12(10)17)19-15(18)20(14)11-4-6-16(2,3)7-5-11/h8-9,11H,4-7H2,1-3H3,(H2,18,19). The molecule has 1 fully saturated rings. The minimum atomic E-state index is -0.216. The summed E-state index contributed by atoms with van der Waals surface area (Å²) in [5.74, 6) is 0.293. The molecule has 1 heterocycles. The van der Waals surface area contributed by atoms with Crippen LogP contribution in [0, 0.1) is 18.2 Å². The van der Waals surface area contributed by atoms with Crippen LogP contribution in [0.15, 0.2) is 12.1 Å². The van der Waals surface area contributed by atoms with Crippen molar-refractivity contribution in [2.75, 3.05) is 5.73 Å². The van der Waals surface area contributed by atoms with Crippen molar-refractivity contribution in [1.82, 2.24) is 9.55 Å². The monoisotopic (exact) mass is 275 g/mol. The van der Waals surface area contributed by atoms with E-state index in [1.54, 1.807) is 6.92 Å². The summed E-state index contributed by atoms with van der Waals surface area (Å²) in [7, 11) is 0. The largest absolute Gasteiger partial charge is 0.369 e. The molecule has 0 bridgehead atoms. The number of imidazole rings is 1. The molecule has 1 saturated carbocycles. The van der Waals surface area contributed by atoms with Crippen molar-refractivity contribution in [2.24, 2.45) is 5.41 Å². The van der Waals surface area contributed by atoms with Crippen molar-refractivity contribution in [3.8, 4) is 0 Å². The lowest BCUT2D eigenvalue weighted by Crippen LogP contribution is -2.24. The number of rotatable bonds is 1. The minimum absolute atomic E-state index is 0.216. The normalized spacial score (nSPS) is 19.6. The van der Waals surface area contributed by atoms with Crippen molar-refractivity contribution in [3.05, 3.63) is 23.5 Å². The van der Waals surface area contributed by atoms with Gasteiger partial charge in [-0.2, -0.15) is 0 Å². The van der Waals surface area contributed by atoms with E-state index in [-0.39, 0.29) is 5.82 Å². The zero-order chi connectivity index (χ0) is 14.5. The Hall–Kier alpha value is -1.58. The van der Waals surface area contributed by atoms with Gasteiger partial charge >= 0.3 is 0 Å². The first-order valence-electron chi connectivity index (χ1n) is 7.31. The third-order valence-corrected chi connectivity index (χ3v) is 4.67. The fourth-order valence-electron chi connectivity index (χ4n) is 3.26. The summed E-state index contributed by atoms with van der Waals surface area (Å²) >= 11 is 0. The van der Waals surface area contributed by atoms with E-state index in [1.807, 2.05) is 6.07 Å². The van der Waals surface area contributed by atoms with Crippen LogP contribution in [0.5, 0.6) is 0 Å². The highest BCUT2D eigenvalue weighted by Gasteiger charge is 2.29. The molecule has 2 aromatic rings. The van der Waals surface area contributed by atoms with E-state index in [9.17, 15) is 4.39 Å². The molecule has 1 aliphatic carbocycles. The Bertz CT molecular complexity index is 647. The molecular weight excluding hydrogens is 253 g/mol. The van der Waals surface area contributed by atoms with Crippen LogP contribution >= 0.6 is 0 Å². The van der Waals surface area contributed by atoms with Gasteiger partial charge in [-0.05, 0) is 49.7 Å². The van der Waals surface area contributed by atoms with Crippen LogP contribution in [0.4, 0.5) is 10.3 Å². The quantitative estimate of drug-likeness (QED) is 0.847. The van der Waals surface area contributed by atoms with Crippen LogP contribution in [0.3, 0.4) is 0 Å². The predicted octanol–water partition coefficient (Wildman–Crippen LogP) is 4.21. The van der Waals surface area contributed by atoms with Crippen LogP contribution in [0.1, 0.15) is 51.1 Å². The highest BCUT2D eigenvalue weighted by Crippen LogP contribution is 2.42. The zero-order valence-electron chi connectivity index (χ0n) is 12.4. The number of hydrogen-bond acceptors (Lipinski definition) is 2. The number of fused-ring (bicyclic) bond motifs is 1. The first kappa shape index (κ1) is 13.4. The van der Waals surface area contributed by atoms with E-state index in [1.165, 1.54) is 18.9 Å². The molecule has 0 atom stereocenters. The van der Waals surface area contributed by atoms with Crippen LogP contribution in [-0.4, -0.2) is 9.55 Å². The summed E-state index contributed by atoms with van der Waals surface area (Å²) in [6.07, 6.45) is 4.60. The lowest BCUT2D eigenvalue weighted by Gasteiger charge is -2.35.